The second kappa shape index (κ2) is 24.3. The van der Waals surface area contributed by atoms with Gasteiger partial charge in [0.05, 0.1) is 30.4 Å². The van der Waals surface area contributed by atoms with Crippen molar-refractivity contribution in [2.45, 2.75) is 6.54 Å². The van der Waals surface area contributed by atoms with Crippen LogP contribution >= 0.6 is 0 Å². The Bertz CT molecular complexity index is 642. The molecule has 0 aliphatic rings. The Morgan fingerprint density at radius 3 is 1.26 bits per heavy atom. The number of carbonyl (C=O) groups is 4. The number of nitrogens with zero attached hydrogens (tertiary/aromatic N) is 5. The molecular weight excluding hydrogens is 494 g/mol. The molecule has 0 bridgehead atoms. The van der Waals surface area contributed by atoms with Crippen LogP contribution < -0.4 is 139 Å². The summed E-state index contributed by atoms with van der Waals surface area (Å²) in [5.41, 5.74) is 0. The number of carboxylic acids is 4. The molecule has 1 heterocycles. The van der Waals surface area contributed by atoms with E-state index < -0.39 is 50.1 Å². The Morgan fingerprint density at radius 2 is 0.971 bits per heavy atom. The van der Waals surface area contributed by atoms with E-state index in [1.165, 1.54) is 0 Å². The fourth-order valence-electron chi connectivity index (χ4n) is 2.74. The van der Waals surface area contributed by atoms with Gasteiger partial charge >= 0.3 is 118 Å². The molecule has 0 fully saturated rings. The van der Waals surface area contributed by atoms with Crippen LogP contribution in [0.3, 0.4) is 0 Å². The van der Waals surface area contributed by atoms with Gasteiger partial charge in [-0.1, -0.05) is 0 Å². The van der Waals surface area contributed by atoms with Crippen molar-refractivity contribution in [3.63, 3.8) is 0 Å². The van der Waals surface area contributed by atoms with Crippen LogP contribution in [-0.4, -0.2) is 107 Å². The van der Waals surface area contributed by atoms with Crippen LogP contribution in [-0.2, 0) is 25.7 Å². The third kappa shape index (κ3) is 22.2. The zero-order valence-electron chi connectivity index (χ0n) is 20.3. The minimum atomic E-state index is -1.44. The molecule has 1 aromatic heterocycles. The van der Waals surface area contributed by atoms with Gasteiger partial charge in [0, 0.05) is 71.3 Å². The normalized spacial score (nSPS) is 9.97. The van der Waals surface area contributed by atoms with E-state index in [1.807, 2.05) is 0 Å². The van der Waals surface area contributed by atoms with Crippen molar-refractivity contribution in [1.82, 2.24) is 24.5 Å². The predicted octanol–water partition coefficient (Wildman–Crippen LogP) is -19.2. The summed E-state index contributed by atoms with van der Waals surface area (Å²) in [6.45, 7) is -0.940. The zero-order valence-corrected chi connectivity index (χ0v) is 28.3. The minimum Gasteiger partial charge on any atom is -0.549 e. The summed E-state index contributed by atoms with van der Waals surface area (Å²) in [4.78, 5) is 47.3. The maximum atomic E-state index is 10.8. The van der Waals surface area contributed by atoms with Gasteiger partial charge in [0.15, 0.2) is 0 Å². The first kappa shape index (κ1) is 42.1. The van der Waals surface area contributed by atoms with E-state index in [-0.39, 0.29) is 144 Å². The molecule has 0 unspecified atom stereocenters. The van der Waals surface area contributed by atoms with Gasteiger partial charge in [0.1, 0.15) is 0 Å². The van der Waals surface area contributed by atoms with Crippen LogP contribution in [0.25, 0.3) is 0 Å². The van der Waals surface area contributed by atoms with Gasteiger partial charge in [-0.2, -0.15) is 5.10 Å². The summed E-state index contributed by atoms with van der Waals surface area (Å²) in [5, 5.41) is 47.3. The van der Waals surface area contributed by atoms with Crippen molar-refractivity contribution < 1.29 is 158 Å². The molecule has 1 aromatic rings. The quantitative estimate of drug-likeness (QED) is 0.178. The minimum absolute atomic E-state index is 0. The Kier molecular flexibility index (Phi) is 30.1. The number of aromatic nitrogens is 2. The summed E-state index contributed by atoms with van der Waals surface area (Å²) in [7, 11) is 0. The van der Waals surface area contributed by atoms with Gasteiger partial charge in [-0.25, -0.2) is 0 Å². The van der Waals surface area contributed by atoms with E-state index in [9.17, 15) is 39.6 Å². The van der Waals surface area contributed by atoms with Crippen molar-refractivity contribution in [3.8, 4) is 0 Å². The molecule has 0 saturated carbocycles. The molecule has 0 radical (unpaired) electrons. The first-order valence-corrected chi connectivity index (χ1v) is 9.09. The molecule has 0 N–H and O–H groups in total. The van der Waals surface area contributed by atoms with Gasteiger partial charge in [0.25, 0.3) is 0 Å². The molecule has 0 atom stereocenters. The Labute approximate surface area is 286 Å². The van der Waals surface area contributed by atoms with Crippen LogP contribution in [0.2, 0.25) is 0 Å². The van der Waals surface area contributed by atoms with Crippen molar-refractivity contribution in [3.05, 3.63) is 18.5 Å². The topological polar surface area (TPSA) is 188 Å². The van der Waals surface area contributed by atoms with Crippen molar-refractivity contribution in [2.75, 3.05) is 58.9 Å². The maximum Gasteiger partial charge on any atom is 1.00 e. The first-order chi connectivity index (χ1) is 14.2. The second-order valence-electron chi connectivity index (χ2n) is 6.52. The van der Waals surface area contributed by atoms with Crippen molar-refractivity contribution >= 4 is 23.9 Å². The fraction of sp³-hybridized carbons (Fsp3) is 0.588. The smallest absolute Gasteiger partial charge is 0.549 e. The predicted molar refractivity (Wildman–Crippen MR) is 91.6 cm³/mol. The van der Waals surface area contributed by atoms with Crippen LogP contribution in [0.5, 0.6) is 0 Å². The van der Waals surface area contributed by atoms with E-state index in [0.717, 1.165) is 9.80 Å². The van der Waals surface area contributed by atoms with Crippen LogP contribution in [0.4, 0.5) is 0 Å². The Hall–Kier alpha value is 0.970. The van der Waals surface area contributed by atoms with E-state index >= 15 is 0 Å². The SMILES string of the molecule is O=C([O-])CN(CCN(CCN(CC(=O)[O-])CC(=O)[O-])CCn1cccn1)CC(=O)[O-].[Na+].[Na+].[Na+].[Na+]. The first-order valence-electron chi connectivity index (χ1n) is 9.09. The molecule has 34 heavy (non-hydrogen) atoms. The summed E-state index contributed by atoms with van der Waals surface area (Å²) >= 11 is 0. The Morgan fingerprint density at radius 1 is 0.618 bits per heavy atom. The van der Waals surface area contributed by atoms with Crippen LogP contribution in [0.1, 0.15) is 0 Å². The van der Waals surface area contributed by atoms with E-state index in [1.54, 1.807) is 28.0 Å². The van der Waals surface area contributed by atoms with E-state index in [4.69, 9.17) is 0 Å². The standard InChI is InChI=1S/C17H27N5O8.4Na/c23-14(24)10-20(11-15(25)26)6-4-19(8-9-22-3-1-2-18-22)5-7-21(12-16(27)28)13-17(29)30;;;;/h1-3H,4-13H2,(H,23,24)(H,25,26)(H,27,28)(H,29,30);;;;/q;4*+1/p-4. The van der Waals surface area contributed by atoms with E-state index in [0.29, 0.717) is 13.1 Å². The average Bonchev–Trinajstić information content (AvgIpc) is 3.12. The van der Waals surface area contributed by atoms with Gasteiger partial charge in [-0.15, -0.1) is 0 Å². The molecule has 17 heteroatoms. The third-order valence-corrected chi connectivity index (χ3v) is 4.08. The summed E-state index contributed by atoms with van der Waals surface area (Å²) in [5.74, 6) is -5.75. The van der Waals surface area contributed by atoms with Gasteiger partial charge in [-0.05, 0) is 6.07 Å². The number of hydrogen-bond acceptors (Lipinski definition) is 12. The fourth-order valence-corrected chi connectivity index (χ4v) is 2.74. The van der Waals surface area contributed by atoms with Crippen molar-refractivity contribution in [2.24, 2.45) is 0 Å². The largest absolute Gasteiger partial charge is 1.00 e. The third-order valence-electron chi connectivity index (χ3n) is 4.08. The molecule has 0 amide bonds. The molecule has 0 aromatic carbocycles. The number of aliphatic carboxylic acids is 4. The molecule has 1 rings (SSSR count). The molecule has 168 valence electrons. The maximum absolute atomic E-state index is 10.8. The summed E-state index contributed by atoms with van der Waals surface area (Å²) in [6.07, 6.45) is 3.32. The monoisotopic (exact) mass is 517 g/mol. The molecule has 0 aliphatic carbocycles. The number of carboxylic acid groups (broad SMARTS) is 4. The van der Waals surface area contributed by atoms with Crippen molar-refractivity contribution in [1.29, 1.82) is 0 Å². The number of hydrogen-bond donors (Lipinski definition) is 0. The van der Waals surface area contributed by atoms with Crippen LogP contribution in [0, 0.1) is 0 Å². The number of carbonyl (C=O) groups excluding carboxylic acids is 4. The van der Waals surface area contributed by atoms with E-state index in [2.05, 4.69) is 5.10 Å². The zero-order chi connectivity index (χ0) is 22.5. The number of rotatable bonds is 17. The summed E-state index contributed by atoms with van der Waals surface area (Å²) < 4.78 is 1.65. The average molecular weight is 517 g/mol. The van der Waals surface area contributed by atoms with Gasteiger partial charge in [0.2, 0.25) is 0 Å². The second-order valence-corrected chi connectivity index (χ2v) is 6.52. The van der Waals surface area contributed by atoms with Crippen LogP contribution in [0.15, 0.2) is 18.5 Å². The molecule has 13 nitrogen and oxygen atoms in total. The summed E-state index contributed by atoms with van der Waals surface area (Å²) in [6, 6.07) is 1.73. The Balaban J connectivity index is -0.00000112. The molecule has 0 saturated heterocycles. The van der Waals surface area contributed by atoms with Gasteiger partial charge < -0.3 is 39.6 Å². The van der Waals surface area contributed by atoms with Gasteiger partial charge in [-0.3, -0.25) is 19.4 Å². The molecular formula is C17H23N5Na4O8. The molecule has 0 spiro atoms. The molecule has 0 aliphatic heterocycles.